The van der Waals surface area contributed by atoms with Crippen LogP contribution in [0.15, 0.2) is 75.3 Å². The molecule has 30 heavy (non-hydrogen) atoms. The summed E-state index contributed by atoms with van der Waals surface area (Å²) >= 11 is 1.69. The maximum Gasteiger partial charge on any atom is 0.336 e. The monoisotopic (exact) mass is 419 g/mol. The predicted molar refractivity (Wildman–Crippen MR) is 118 cm³/mol. The standard InChI is InChI=1S/C24H21NO4S/c1-16-13-23(26)29-22-14-19(8-9-21(16)22)28-15-17-4-6-18(7-5-17)24(27)25-11-10-20-3-2-12-30-20/h2-9,12-14H,10-11,15H2,1H3,(H,25,27). The fourth-order valence-electron chi connectivity index (χ4n) is 3.17. The van der Waals surface area contributed by atoms with E-state index in [0.717, 1.165) is 22.9 Å². The third-order valence-corrected chi connectivity index (χ3v) is 5.72. The van der Waals surface area contributed by atoms with E-state index >= 15 is 0 Å². The highest BCUT2D eigenvalue weighted by Crippen LogP contribution is 2.23. The summed E-state index contributed by atoms with van der Waals surface area (Å²) in [6, 6.07) is 18.3. The Morgan fingerprint density at radius 1 is 1.10 bits per heavy atom. The number of nitrogens with one attached hydrogen (secondary N) is 1. The minimum Gasteiger partial charge on any atom is -0.489 e. The molecule has 5 nitrogen and oxygen atoms in total. The van der Waals surface area contributed by atoms with Crippen molar-refractivity contribution >= 4 is 28.2 Å². The quantitative estimate of drug-likeness (QED) is 0.440. The van der Waals surface area contributed by atoms with Crippen molar-refractivity contribution in [3.05, 3.63) is 98.0 Å². The molecule has 0 saturated carbocycles. The number of amides is 1. The summed E-state index contributed by atoms with van der Waals surface area (Å²) in [6.45, 7) is 2.84. The number of hydrogen-bond acceptors (Lipinski definition) is 5. The van der Waals surface area contributed by atoms with Gasteiger partial charge in [-0.25, -0.2) is 4.79 Å². The summed E-state index contributed by atoms with van der Waals surface area (Å²) < 4.78 is 11.1. The van der Waals surface area contributed by atoms with Gasteiger partial charge >= 0.3 is 5.63 Å². The zero-order valence-corrected chi connectivity index (χ0v) is 17.3. The molecule has 1 amide bonds. The summed E-state index contributed by atoms with van der Waals surface area (Å²) in [5.41, 5.74) is 2.56. The van der Waals surface area contributed by atoms with Crippen molar-refractivity contribution in [2.45, 2.75) is 20.0 Å². The van der Waals surface area contributed by atoms with E-state index in [1.165, 1.54) is 10.9 Å². The molecule has 0 unspecified atom stereocenters. The first-order chi connectivity index (χ1) is 14.6. The molecular weight excluding hydrogens is 398 g/mol. The van der Waals surface area contributed by atoms with Crippen LogP contribution in [0.5, 0.6) is 5.75 Å². The number of ether oxygens (including phenoxy) is 1. The summed E-state index contributed by atoms with van der Waals surface area (Å²) in [5.74, 6) is 0.533. The molecular formula is C24H21NO4S. The van der Waals surface area contributed by atoms with Crippen LogP contribution in [-0.2, 0) is 13.0 Å². The molecule has 152 valence electrons. The molecule has 6 heteroatoms. The lowest BCUT2D eigenvalue weighted by Crippen LogP contribution is -2.25. The van der Waals surface area contributed by atoms with Gasteiger partial charge in [0.25, 0.3) is 5.91 Å². The topological polar surface area (TPSA) is 68.5 Å². The highest BCUT2D eigenvalue weighted by molar-refractivity contribution is 7.09. The molecule has 4 rings (SSSR count). The predicted octanol–water partition coefficient (Wildman–Crippen LogP) is 4.71. The highest BCUT2D eigenvalue weighted by Gasteiger charge is 2.07. The van der Waals surface area contributed by atoms with E-state index in [1.54, 1.807) is 29.5 Å². The van der Waals surface area contributed by atoms with Crippen LogP contribution < -0.4 is 15.7 Å². The van der Waals surface area contributed by atoms with E-state index in [4.69, 9.17) is 9.15 Å². The Kier molecular flexibility index (Phi) is 5.95. The molecule has 2 heterocycles. The van der Waals surface area contributed by atoms with E-state index in [2.05, 4.69) is 11.4 Å². The second kappa shape index (κ2) is 8.97. The maximum absolute atomic E-state index is 12.3. The van der Waals surface area contributed by atoms with Crippen molar-refractivity contribution in [2.75, 3.05) is 6.54 Å². The van der Waals surface area contributed by atoms with Gasteiger partial charge in [0, 0.05) is 34.5 Å². The molecule has 4 aromatic rings. The molecule has 2 aromatic carbocycles. The largest absolute Gasteiger partial charge is 0.489 e. The van der Waals surface area contributed by atoms with Gasteiger partial charge in [0.2, 0.25) is 0 Å². The Bertz CT molecular complexity index is 1210. The van der Waals surface area contributed by atoms with Gasteiger partial charge in [-0.05, 0) is 60.2 Å². The Labute approximate surface area is 177 Å². The molecule has 0 saturated heterocycles. The van der Waals surface area contributed by atoms with Crippen LogP contribution in [0.4, 0.5) is 0 Å². The first-order valence-electron chi connectivity index (χ1n) is 9.65. The minimum atomic E-state index is -0.374. The molecule has 0 aliphatic rings. The van der Waals surface area contributed by atoms with Crippen molar-refractivity contribution in [2.24, 2.45) is 0 Å². The molecule has 0 aliphatic heterocycles. The smallest absolute Gasteiger partial charge is 0.336 e. The first-order valence-corrected chi connectivity index (χ1v) is 10.5. The van der Waals surface area contributed by atoms with Crippen LogP contribution in [0.1, 0.15) is 26.4 Å². The number of carbonyl (C=O) groups excluding carboxylic acids is 1. The van der Waals surface area contributed by atoms with E-state index in [9.17, 15) is 9.59 Å². The van der Waals surface area contributed by atoms with Crippen LogP contribution in [-0.4, -0.2) is 12.5 Å². The van der Waals surface area contributed by atoms with Crippen LogP contribution >= 0.6 is 11.3 Å². The van der Waals surface area contributed by atoms with Gasteiger partial charge in [-0.1, -0.05) is 18.2 Å². The van der Waals surface area contributed by atoms with E-state index < -0.39 is 0 Å². The van der Waals surface area contributed by atoms with Gasteiger partial charge in [-0.2, -0.15) is 0 Å². The van der Waals surface area contributed by atoms with Crippen molar-refractivity contribution in [1.29, 1.82) is 0 Å². The fraction of sp³-hybridized carbons (Fsp3) is 0.167. The zero-order chi connectivity index (χ0) is 20.9. The van der Waals surface area contributed by atoms with Gasteiger partial charge in [-0.15, -0.1) is 11.3 Å². The van der Waals surface area contributed by atoms with Gasteiger partial charge in [0.05, 0.1) is 0 Å². The van der Waals surface area contributed by atoms with Gasteiger partial charge in [0.1, 0.15) is 17.9 Å². The van der Waals surface area contributed by atoms with Crippen molar-refractivity contribution in [3.63, 3.8) is 0 Å². The van der Waals surface area contributed by atoms with Gasteiger partial charge in [0.15, 0.2) is 0 Å². The van der Waals surface area contributed by atoms with Crippen LogP contribution in [0.2, 0.25) is 0 Å². The van der Waals surface area contributed by atoms with E-state index in [1.807, 2.05) is 42.6 Å². The molecule has 1 N–H and O–H groups in total. The third-order valence-electron chi connectivity index (χ3n) is 4.78. The molecule has 0 spiro atoms. The molecule has 0 bridgehead atoms. The van der Waals surface area contributed by atoms with Crippen molar-refractivity contribution in [3.8, 4) is 5.75 Å². The summed E-state index contributed by atoms with van der Waals surface area (Å²) in [7, 11) is 0. The second-order valence-electron chi connectivity index (χ2n) is 6.98. The van der Waals surface area contributed by atoms with Crippen LogP contribution in [0.25, 0.3) is 11.0 Å². The molecule has 0 atom stereocenters. The maximum atomic E-state index is 12.3. The van der Waals surface area contributed by atoms with Gasteiger partial charge in [-0.3, -0.25) is 4.79 Å². The lowest BCUT2D eigenvalue weighted by Gasteiger charge is -2.09. The van der Waals surface area contributed by atoms with E-state index in [0.29, 0.717) is 30.0 Å². The number of carbonyl (C=O) groups is 1. The second-order valence-corrected chi connectivity index (χ2v) is 8.01. The SMILES string of the molecule is Cc1cc(=O)oc2cc(OCc3ccc(C(=O)NCCc4cccs4)cc3)ccc12. The van der Waals surface area contributed by atoms with Crippen LogP contribution in [0.3, 0.4) is 0 Å². The normalized spacial score (nSPS) is 10.8. The Morgan fingerprint density at radius 3 is 2.70 bits per heavy atom. The molecule has 2 aromatic heterocycles. The number of aryl methyl sites for hydroxylation is 1. The number of rotatable bonds is 7. The lowest BCUT2D eigenvalue weighted by molar-refractivity contribution is 0.0954. The van der Waals surface area contributed by atoms with E-state index in [-0.39, 0.29) is 11.5 Å². The summed E-state index contributed by atoms with van der Waals surface area (Å²) in [5, 5.41) is 5.86. The van der Waals surface area contributed by atoms with Crippen LogP contribution in [0, 0.1) is 6.92 Å². The average molecular weight is 420 g/mol. The number of fused-ring (bicyclic) bond motifs is 1. The Balaban J connectivity index is 1.33. The molecule has 0 aliphatic carbocycles. The summed E-state index contributed by atoms with van der Waals surface area (Å²) in [6.07, 6.45) is 0.834. The molecule has 0 radical (unpaired) electrons. The first kappa shape index (κ1) is 19.9. The molecule has 0 fully saturated rings. The Morgan fingerprint density at radius 2 is 1.93 bits per heavy atom. The number of benzene rings is 2. The van der Waals surface area contributed by atoms with Crippen molar-refractivity contribution in [1.82, 2.24) is 5.32 Å². The summed E-state index contributed by atoms with van der Waals surface area (Å²) in [4.78, 5) is 25.1. The van der Waals surface area contributed by atoms with Gasteiger partial charge < -0.3 is 14.5 Å². The zero-order valence-electron chi connectivity index (χ0n) is 16.5. The Hall–Kier alpha value is -3.38. The minimum absolute atomic E-state index is 0.0843. The third kappa shape index (κ3) is 4.78. The lowest BCUT2D eigenvalue weighted by atomic mass is 10.1. The fourth-order valence-corrected chi connectivity index (χ4v) is 3.88. The average Bonchev–Trinajstić information content (AvgIpc) is 3.25. The number of hydrogen-bond donors (Lipinski definition) is 1. The number of thiophene rings is 1. The van der Waals surface area contributed by atoms with Crippen molar-refractivity contribution < 1.29 is 13.9 Å². The highest BCUT2D eigenvalue weighted by atomic mass is 32.1.